The molecule has 1 saturated carbocycles. The van der Waals surface area contributed by atoms with Crippen LogP contribution in [0.15, 0.2) is 18.2 Å². The first-order valence-electron chi connectivity index (χ1n) is 9.76. The molecule has 2 N–H and O–H groups in total. The predicted octanol–water partition coefficient (Wildman–Crippen LogP) is 2.49. The van der Waals surface area contributed by atoms with Crippen LogP contribution < -0.4 is 14.8 Å². The Morgan fingerprint density at radius 2 is 1.96 bits per heavy atom. The van der Waals surface area contributed by atoms with Crippen LogP contribution in [0.25, 0.3) is 0 Å². The molecule has 1 aliphatic rings. The monoisotopic (exact) mass is 378 g/mol. The number of ether oxygens (including phenoxy) is 2. The Morgan fingerprint density at radius 1 is 1.26 bits per heavy atom. The number of carbonyl (C=O) groups is 1. The predicted molar refractivity (Wildman–Crippen MR) is 107 cm³/mol. The molecule has 0 saturated heterocycles. The fraction of sp³-hybridized carbons (Fsp3) is 0.667. The number of nitrogens with zero attached hydrogens (tertiary/aromatic N) is 1. The highest BCUT2D eigenvalue weighted by Crippen LogP contribution is 2.31. The van der Waals surface area contributed by atoms with Gasteiger partial charge in [0.2, 0.25) is 0 Å². The van der Waals surface area contributed by atoms with Gasteiger partial charge in [0.1, 0.15) is 12.7 Å². The molecule has 0 heterocycles. The van der Waals surface area contributed by atoms with Crippen LogP contribution in [0, 0.1) is 0 Å². The number of nitrogens with one attached hydrogen (secondary N) is 1. The van der Waals surface area contributed by atoms with E-state index in [1.54, 1.807) is 18.2 Å². The molecule has 6 nitrogen and oxygen atoms in total. The van der Waals surface area contributed by atoms with Gasteiger partial charge in [0, 0.05) is 24.2 Å². The fourth-order valence-electron chi connectivity index (χ4n) is 3.71. The van der Waals surface area contributed by atoms with Crippen LogP contribution in [0.4, 0.5) is 0 Å². The van der Waals surface area contributed by atoms with E-state index in [1.165, 1.54) is 46.1 Å². The van der Waals surface area contributed by atoms with Crippen LogP contribution in [0.1, 0.15) is 49.4 Å². The Hall–Kier alpha value is -1.63. The third-order valence-electron chi connectivity index (χ3n) is 5.57. The summed E-state index contributed by atoms with van der Waals surface area (Å²) in [4.78, 5) is 13.8. The minimum Gasteiger partial charge on any atom is -0.493 e. The summed E-state index contributed by atoms with van der Waals surface area (Å²) in [5.74, 6) is 0.997. The van der Waals surface area contributed by atoms with Crippen LogP contribution in [-0.4, -0.2) is 68.3 Å². The van der Waals surface area contributed by atoms with E-state index in [1.807, 2.05) is 0 Å². The van der Waals surface area contributed by atoms with Gasteiger partial charge in [0.15, 0.2) is 17.3 Å². The number of hydrogen-bond acceptors (Lipinski definition) is 6. The van der Waals surface area contributed by atoms with Gasteiger partial charge in [-0.3, -0.25) is 4.79 Å². The number of likely N-dealkylation sites (N-methyl/N-ethyl adjacent to an activating group) is 1. The lowest BCUT2D eigenvalue weighted by molar-refractivity contribution is 0.0783. The van der Waals surface area contributed by atoms with Gasteiger partial charge in [-0.1, -0.05) is 19.3 Å². The van der Waals surface area contributed by atoms with Crippen LogP contribution in [0.3, 0.4) is 0 Å². The smallest absolute Gasteiger partial charge is 0.161 e. The van der Waals surface area contributed by atoms with Gasteiger partial charge in [-0.2, -0.15) is 0 Å². The van der Waals surface area contributed by atoms with Crippen molar-refractivity contribution in [1.82, 2.24) is 10.2 Å². The molecule has 0 aromatic heterocycles. The Morgan fingerprint density at radius 3 is 2.56 bits per heavy atom. The van der Waals surface area contributed by atoms with Gasteiger partial charge < -0.3 is 24.8 Å². The molecule has 0 bridgehead atoms. The summed E-state index contributed by atoms with van der Waals surface area (Å²) in [6.45, 7) is 3.02. The molecule has 0 amide bonds. The van der Waals surface area contributed by atoms with E-state index in [0.29, 0.717) is 23.6 Å². The molecule has 0 spiro atoms. The van der Waals surface area contributed by atoms with Gasteiger partial charge in [-0.05, 0) is 52.1 Å². The van der Waals surface area contributed by atoms with Gasteiger partial charge in [-0.25, -0.2) is 0 Å². The van der Waals surface area contributed by atoms with E-state index in [2.05, 4.69) is 24.3 Å². The quantitative estimate of drug-likeness (QED) is 0.610. The minimum atomic E-state index is -0.620. The van der Waals surface area contributed by atoms with Gasteiger partial charge in [-0.15, -0.1) is 0 Å². The van der Waals surface area contributed by atoms with Gasteiger partial charge >= 0.3 is 0 Å². The maximum Gasteiger partial charge on any atom is 0.161 e. The van der Waals surface area contributed by atoms with Crippen molar-refractivity contribution in [2.45, 2.75) is 50.7 Å². The summed E-state index contributed by atoms with van der Waals surface area (Å²) >= 11 is 0. The zero-order chi connectivity index (χ0) is 19.9. The average molecular weight is 379 g/mol. The second-order valence-corrected chi connectivity index (χ2v) is 7.70. The molecule has 1 aromatic rings. The van der Waals surface area contributed by atoms with Crippen LogP contribution in [0.5, 0.6) is 11.5 Å². The normalized spacial score (nSPS) is 17.6. The van der Waals surface area contributed by atoms with Crippen LogP contribution in [-0.2, 0) is 0 Å². The van der Waals surface area contributed by atoms with Crippen molar-refractivity contribution in [3.05, 3.63) is 23.8 Å². The van der Waals surface area contributed by atoms with Crippen molar-refractivity contribution >= 4 is 5.78 Å². The summed E-state index contributed by atoms with van der Waals surface area (Å²) in [6, 6.07) is 5.07. The highest BCUT2D eigenvalue weighted by atomic mass is 16.5. The zero-order valence-corrected chi connectivity index (χ0v) is 17.1. The Bertz CT molecular complexity index is 612. The van der Waals surface area contributed by atoms with Gasteiger partial charge in [0.25, 0.3) is 0 Å². The lowest BCUT2D eigenvalue weighted by atomic mass is 9.80. The molecule has 0 unspecified atom stereocenters. The second kappa shape index (κ2) is 10.1. The molecule has 27 heavy (non-hydrogen) atoms. The summed E-state index contributed by atoms with van der Waals surface area (Å²) < 4.78 is 11.0. The average Bonchev–Trinajstić information content (AvgIpc) is 2.66. The van der Waals surface area contributed by atoms with Crippen molar-refractivity contribution < 1.29 is 19.4 Å². The summed E-state index contributed by atoms with van der Waals surface area (Å²) in [5, 5.41) is 13.7. The van der Waals surface area contributed by atoms with Crippen LogP contribution >= 0.6 is 0 Å². The molecule has 1 aromatic carbocycles. The van der Waals surface area contributed by atoms with Crippen molar-refractivity contribution in [2.75, 3.05) is 40.9 Å². The molecule has 1 aliphatic carbocycles. The lowest BCUT2D eigenvalue weighted by Crippen LogP contribution is -2.53. The van der Waals surface area contributed by atoms with E-state index in [-0.39, 0.29) is 17.9 Å². The number of hydrogen-bond donors (Lipinski definition) is 2. The first kappa shape index (κ1) is 21.7. The maximum atomic E-state index is 11.5. The number of carbonyl (C=O) groups excluding carboxylic acids is 1. The third-order valence-corrected chi connectivity index (χ3v) is 5.57. The number of rotatable bonds is 10. The highest BCUT2D eigenvalue weighted by Gasteiger charge is 2.33. The van der Waals surface area contributed by atoms with Crippen molar-refractivity contribution in [3.8, 4) is 11.5 Å². The Labute approximate surface area is 162 Å². The van der Waals surface area contributed by atoms with E-state index < -0.39 is 6.10 Å². The molecular weight excluding hydrogens is 344 g/mol. The number of benzene rings is 1. The van der Waals surface area contributed by atoms with E-state index >= 15 is 0 Å². The molecule has 6 heteroatoms. The number of Topliss-reactive ketones (excluding diaryl/α,β-unsaturated/α-hetero) is 1. The molecule has 1 atom stereocenters. The number of methoxy groups -OCH3 is 1. The van der Waals surface area contributed by atoms with Crippen LogP contribution in [0.2, 0.25) is 0 Å². The molecule has 0 radical (unpaired) electrons. The molecule has 2 rings (SSSR count). The first-order valence-corrected chi connectivity index (χ1v) is 9.76. The standard InChI is InChI=1S/C21H34N2O4/c1-16(24)17-8-9-19(20(12-17)26-4)27-14-18(25)13-22-15-21(23(2)3)10-6-5-7-11-21/h8-9,12,18,22,25H,5-7,10-11,13-15H2,1-4H3/t18-/m0/s1. The van der Waals surface area contributed by atoms with E-state index in [0.717, 1.165) is 6.54 Å². The summed E-state index contributed by atoms with van der Waals surface area (Å²) in [7, 11) is 5.82. The SMILES string of the molecule is COc1cc(C(C)=O)ccc1OC[C@@H](O)CNCC1(N(C)C)CCCCC1. The van der Waals surface area contributed by atoms with Gasteiger partial charge in [0.05, 0.1) is 7.11 Å². The van der Waals surface area contributed by atoms with Crippen molar-refractivity contribution in [1.29, 1.82) is 0 Å². The third kappa shape index (κ3) is 5.92. The maximum absolute atomic E-state index is 11.5. The highest BCUT2D eigenvalue weighted by molar-refractivity contribution is 5.94. The largest absolute Gasteiger partial charge is 0.493 e. The van der Waals surface area contributed by atoms with Crippen molar-refractivity contribution in [2.24, 2.45) is 0 Å². The number of ketones is 1. The van der Waals surface area contributed by atoms with E-state index in [4.69, 9.17) is 9.47 Å². The van der Waals surface area contributed by atoms with Crippen molar-refractivity contribution in [3.63, 3.8) is 0 Å². The first-order chi connectivity index (χ1) is 12.9. The zero-order valence-electron chi connectivity index (χ0n) is 17.1. The molecule has 152 valence electrons. The second-order valence-electron chi connectivity index (χ2n) is 7.70. The molecule has 0 aliphatic heterocycles. The summed E-state index contributed by atoms with van der Waals surface area (Å²) in [6.07, 6.45) is 5.61. The van der Waals surface area contributed by atoms with E-state index in [9.17, 15) is 9.90 Å². The molecular formula is C21H34N2O4. The molecule has 1 fully saturated rings. The fourth-order valence-corrected chi connectivity index (χ4v) is 3.71. The minimum absolute atomic E-state index is 0.0263. The number of aliphatic hydroxyl groups excluding tert-OH is 1. The topological polar surface area (TPSA) is 71.0 Å². The Balaban J connectivity index is 1.82. The number of aliphatic hydroxyl groups is 1. The lowest BCUT2D eigenvalue weighted by Gasteiger charge is -2.43. The Kier molecular flexibility index (Phi) is 8.07. The summed E-state index contributed by atoms with van der Waals surface area (Å²) in [5.41, 5.74) is 0.757.